The van der Waals surface area contributed by atoms with Crippen LogP contribution in [0.2, 0.25) is 0 Å². The van der Waals surface area contributed by atoms with E-state index in [0.29, 0.717) is 11.3 Å². The van der Waals surface area contributed by atoms with Crippen molar-refractivity contribution in [1.82, 2.24) is 5.43 Å². The fourth-order valence-corrected chi connectivity index (χ4v) is 1.10. The third kappa shape index (κ3) is 4.02. The third-order valence-electron chi connectivity index (χ3n) is 1.85. The largest absolute Gasteiger partial charge is 0.504 e. The van der Waals surface area contributed by atoms with Crippen LogP contribution in [-0.4, -0.2) is 31.1 Å². The lowest BCUT2D eigenvalue weighted by Gasteiger charge is -2.03. The predicted octanol–water partition coefficient (Wildman–Crippen LogP) is 1.48. The molecular weight excluding hydrogens is 224 g/mol. The Bertz CT molecular complexity index is 418. The molecule has 0 aliphatic heterocycles. The molecule has 6 heteroatoms. The zero-order valence-corrected chi connectivity index (χ0v) is 9.64. The number of nitrogens with zero attached hydrogens (tertiary/aromatic N) is 1. The van der Waals surface area contributed by atoms with Gasteiger partial charge in [0.15, 0.2) is 11.5 Å². The van der Waals surface area contributed by atoms with Crippen LogP contribution in [0.15, 0.2) is 23.3 Å². The van der Waals surface area contributed by atoms with Crippen molar-refractivity contribution in [2.75, 3.05) is 13.7 Å². The van der Waals surface area contributed by atoms with Crippen LogP contribution < -0.4 is 10.2 Å². The predicted molar refractivity (Wildman–Crippen MR) is 62.4 cm³/mol. The lowest BCUT2D eigenvalue weighted by atomic mass is 10.2. The first-order chi connectivity index (χ1) is 8.17. The Balaban J connectivity index is 2.62. The number of hydrogen-bond donors (Lipinski definition) is 2. The van der Waals surface area contributed by atoms with Crippen LogP contribution in [0.4, 0.5) is 4.79 Å². The first-order valence-electron chi connectivity index (χ1n) is 5.00. The highest BCUT2D eigenvalue weighted by Gasteiger charge is 2.01. The number of aromatic hydroxyl groups is 1. The third-order valence-corrected chi connectivity index (χ3v) is 1.85. The summed E-state index contributed by atoms with van der Waals surface area (Å²) in [5, 5.41) is 13.0. The highest BCUT2D eigenvalue weighted by molar-refractivity contribution is 5.81. The molecule has 0 saturated heterocycles. The van der Waals surface area contributed by atoms with E-state index in [0.717, 1.165) is 0 Å². The van der Waals surface area contributed by atoms with E-state index < -0.39 is 6.09 Å². The smallest absolute Gasteiger partial charge is 0.427 e. The summed E-state index contributed by atoms with van der Waals surface area (Å²) < 4.78 is 9.54. The van der Waals surface area contributed by atoms with Crippen LogP contribution in [-0.2, 0) is 4.74 Å². The van der Waals surface area contributed by atoms with Crippen molar-refractivity contribution in [1.29, 1.82) is 0 Å². The zero-order chi connectivity index (χ0) is 12.7. The number of nitrogens with one attached hydrogen (secondary N) is 1. The molecule has 0 aliphatic carbocycles. The van der Waals surface area contributed by atoms with Gasteiger partial charge in [0.25, 0.3) is 0 Å². The summed E-state index contributed by atoms with van der Waals surface area (Å²) in [5.74, 6) is 0.382. The Morgan fingerprint density at radius 2 is 2.35 bits per heavy atom. The molecule has 1 aromatic carbocycles. The van der Waals surface area contributed by atoms with Gasteiger partial charge in [-0.1, -0.05) is 0 Å². The fourth-order valence-electron chi connectivity index (χ4n) is 1.10. The van der Waals surface area contributed by atoms with Crippen LogP contribution in [0.5, 0.6) is 11.5 Å². The van der Waals surface area contributed by atoms with E-state index in [4.69, 9.17) is 4.74 Å². The Hall–Kier alpha value is -2.24. The SMILES string of the molecule is CCOC(=O)N/N=C/c1ccc(O)c(OC)c1. The lowest BCUT2D eigenvalue weighted by molar-refractivity contribution is 0.152. The minimum absolute atomic E-state index is 0.0444. The second-order valence-corrected chi connectivity index (χ2v) is 3.02. The van der Waals surface area contributed by atoms with Crippen LogP contribution in [0.3, 0.4) is 0 Å². The van der Waals surface area contributed by atoms with Crippen molar-refractivity contribution < 1.29 is 19.4 Å². The van der Waals surface area contributed by atoms with Gasteiger partial charge in [0, 0.05) is 0 Å². The quantitative estimate of drug-likeness (QED) is 0.615. The number of hydrazone groups is 1. The summed E-state index contributed by atoms with van der Waals surface area (Å²) in [6.07, 6.45) is 0.799. The molecule has 0 spiro atoms. The zero-order valence-electron chi connectivity index (χ0n) is 9.64. The molecule has 1 amide bonds. The van der Waals surface area contributed by atoms with E-state index in [-0.39, 0.29) is 12.4 Å². The van der Waals surface area contributed by atoms with Crippen LogP contribution in [0.25, 0.3) is 0 Å². The van der Waals surface area contributed by atoms with Gasteiger partial charge in [0.2, 0.25) is 0 Å². The molecule has 0 atom stereocenters. The number of phenolic OH excluding ortho intramolecular Hbond substituents is 1. The van der Waals surface area contributed by atoms with Gasteiger partial charge in [-0.2, -0.15) is 5.10 Å². The summed E-state index contributed by atoms with van der Waals surface area (Å²) in [6.45, 7) is 1.99. The molecule has 0 unspecified atom stereocenters. The van der Waals surface area contributed by atoms with Crippen molar-refractivity contribution in [2.45, 2.75) is 6.92 Å². The average Bonchev–Trinajstić information content (AvgIpc) is 2.31. The van der Waals surface area contributed by atoms with Gasteiger partial charge >= 0.3 is 6.09 Å². The van der Waals surface area contributed by atoms with Gasteiger partial charge in [-0.05, 0) is 30.7 Å². The first kappa shape index (κ1) is 12.8. The molecule has 2 N–H and O–H groups in total. The van der Waals surface area contributed by atoms with Crippen molar-refractivity contribution in [2.24, 2.45) is 5.10 Å². The number of carbonyl (C=O) groups is 1. The number of rotatable bonds is 4. The molecule has 17 heavy (non-hydrogen) atoms. The highest BCUT2D eigenvalue weighted by Crippen LogP contribution is 2.25. The van der Waals surface area contributed by atoms with Gasteiger partial charge in [-0.15, -0.1) is 0 Å². The number of ether oxygens (including phenoxy) is 2. The van der Waals surface area contributed by atoms with Gasteiger partial charge in [-0.3, -0.25) is 0 Å². The minimum Gasteiger partial charge on any atom is -0.504 e. The van der Waals surface area contributed by atoms with E-state index in [2.05, 4.69) is 15.3 Å². The molecule has 92 valence electrons. The Labute approximate surface area is 98.9 Å². The van der Waals surface area contributed by atoms with E-state index in [1.165, 1.54) is 19.4 Å². The van der Waals surface area contributed by atoms with Crippen LogP contribution in [0, 0.1) is 0 Å². The van der Waals surface area contributed by atoms with Crippen molar-refractivity contribution >= 4 is 12.3 Å². The van der Waals surface area contributed by atoms with E-state index in [1.807, 2.05) is 0 Å². The van der Waals surface area contributed by atoms with Crippen LogP contribution >= 0.6 is 0 Å². The Kier molecular flexibility index (Phi) is 4.80. The van der Waals surface area contributed by atoms with Crippen molar-refractivity contribution in [3.05, 3.63) is 23.8 Å². The summed E-state index contributed by atoms with van der Waals surface area (Å²) >= 11 is 0. The molecule has 0 fully saturated rings. The number of hydrogen-bond acceptors (Lipinski definition) is 5. The normalized spacial score (nSPS) is 10.2. The number of carbonyl (C=O) groups excluding carboxylic acids is 1. The van der Waals surface area contributed by atoms with Crippen molar-refractivity contribution in [3.63, 3.8) is 0 Å². The molecule has 0 aromatic heterocycles. The molecule has 0 heterocycles. The molecule has 1 rings (SSSR count). The van der Waals surface area contributed by atoms with E-state index in [1.54, 1.807) is 19.1 Å². The molecular formula is C11H14N2O4. The topological polar surface area (TPSA) is 80.2 Å². The van der Waals surface area contributed by atoms with E-state index >= 15 is 0 Å². The number of methoxy groups -OCH3 is 1. The summed E-state index contributed by atoms with van der Waals surface area (Å²) in [4.78, 5) is 10.9. The minimum atomic E-state index is -0.616. The average molecular weight is 238 g/mol. The molecule has 0 aliphatic rings. The maximum atomic E-state index is 10.9. The highest BCUT2D eigenvalue weighted by atomic mass is 16.5. The number of amides is 1. The van der Waals surface area contributed by atoms with Gasteiger partial charge in [-0.25, -0.2) is 10.2 Å². The summed E-state index contributed by atoms with van der Waals surface area (Å²) in [7, 11) is 1.45. The Morgan fingerprint density at radius 3 is 3.00 bits per heavy atom. The summed E-state index contributed by atoms with van der Waals surface area (Å²) in [6, 6.07) is 4.70. The number of phenols is 1. The fraction of sp³-hybridized carbons (Fsp3) is 0.273. The van der Waals surface area contributed by atoms with Gasteiger partial charge in [0.1, 0.15) is 0 Å². The molecule has 0 bridgehead atoms. The maximum absolute atomic E-state index is 10.9. The standard InChI is InChI=1S/C11H14N2O4/c1-3-17-11(15)13-12-7-8-4-5-9(14)10(6-8)16-2/h4-7,14H,3H2,1-2H3,(H,13,15)/b12-7+. The monoisotopic (exact) mass is 238 g/mol. The first-order valence-corrected chi connectivity index (χ1v) is 5.00. The van der Waals surface area contributed by atoms with Crippen molar-refractivity contribution in [3.8, 4) is 11.5 Å². The summed E-state index contributed by atoms with van der Waals surface area (Å²) in [5.41, 5.74) is 2.87. The molecule has 6 nitrogen and oxygen atoms in total. The van der Waals surface area contributed by atoms with Gasteiger partial charge < -0.3 is 14.6 Å². The lowest BCUT2D eigenvalue weighted by Crippen LogP contribution is -2.18. The Morgan fingerprint density at radius 1 is 1.59 bits per heavy atom. The molecule has 0 saturated carbocycles. The second-order valence-electron chi connectivity index (χ2n) is 3.02. The maximum Gasteiger partial charge on any atom is 0.427 e. The number of benzene rings is 1. The molecule has 1 aromatic rings. The second kappa shape index (κ2) is 6.37. The van der Waals surface area contributed by atoms with Crippen LogP contribution in [0.1, 0.15) is 12.5 Å². The van der Waals surface area contributed by atoms with E-state index in [9.17, 15) is 9.90 Å². The molecule has 0 radical (unpaired) electrons. The van der Waals surface area contributed by atoms with Gasteiger partial charge in [0.05, 0.1) is 19.9 Å².